The number of amides is 1. The van der Waals surface area contributed by atoms with Crippen LogP contribution in [0.3, 0.4) is 0 Å². The third-order valence-electron chi connectivity index (χ3n) is 3.43. The first-order valence-electron chi connectivity index (χ1n) is 6.80. The number of rotatable bonds is 5. The Bertz CT molecular complexity index is 780. The Kier molecular flexibility index (Phi) is 7.32. The number of ether oxygens (including phenoxy) is 1. The van der Waals surface area contributed by atoms with Crippen LogP contribution in [0.4, 0.5) is 5.69 Å². The van der Waals surface area contributed by atoms with Gasteiger partial charge < -0.3 is 20.3 Å². The molecule has 0 atom stereocenters. The summed E-state index contributed by atoms with van der Waals surface area (Å²) in [6.45, 7) is 0.597. The largest absolute Gasteiger partial charge is 0.475 e. The van der Waals surface area contributed by atoms with E-state index in [4.69, 9.17) is 16.3 Å². The fraction of sp³-hybridized carbons (Fsp3) is 0.357. The van der Waals surface area contributed by atoms with Gasteiger partial charge in [0, 0.05) is 10.5 Å². The summed E-state index contributed by atoms with van der Waals surface area (Å²) in [5, 5.41) is 21.0. The number of anilines is 1. The Labute approximate surface area is 189 Å². The molecule has 1 amide bonds. The topological polar surface area (TPSA) is 108 Å². The number of halogens is 4. The molecule has 1 aromatic rings. The molecule has 2 rings (SSSR count). The van der Waals surface area contributed by atoms with Crippen LogP contribution in [0.2, 0.25) is 0 Å². The van der Waals surface area contributed by atoms with E-state index in [2.05, 4.69) is 10.3 Å². The summed E-state index contributed by atoms with van der Waals surface area (Å²) in [5.41, 5.74) is 0.0194. The second-order valence-corrected chi connectivity index (χ2v) is 8.85. The molecule has 0 fully saturated rings. The lowest BCUT2D eigenvalue weighted by molar-refractivity contribution is -0.114. The SMILES string of the molecule is CC(=O)Nc1c(I)c(C(=O)Cl)c(I)c(C2=NC(CO)(CO)CO2)c1I. The van der Waals surface area contributed by atoms with E-state index in [0.29, 0.717) is 22.0 Å². The highest BCUT2D eigenvalue weighted by Gasteiger charge is 2.38. The van der Waals surface area contributed by atoms with E-state index in [1.54, 1.807) is 0 Å². The van der Waals surface area contributed by atoms with Gasteiger partial charge in [0.05, 0.1) is 37.2 Å². The maximum atomic E-state index is 11.9. The molecule has 0 spiro atoms. The number of aliphatic hydroxyl groups is 2. The van der Waals surface area contributed by atoms with E-state index < -0.39 is 10.8 Å². The van der Waals surface area contributed by atoms with Crippen LogP contribution in [0.15, 0.2) is 4.99 Å². The van der Waals surface area contributed by atoms with Crippen LogP contribution in [-0.2, 0) is 9.53 Å². The first-order valence-corrected chi connectivity index (χ1v) is 10.4. The fourth-order valence-corrected chi connectivity index (χ4v) is 7.03. The monoisotopic (exact) mass is 704 g/mol. The Morgan fingerprint density at radius 3 is 2.28 bits per heavy atom. The number of carbonyl (C=O) groups excluding carboxylic acids is 2. The second kappa shape index (κ2) is 8.50. The minimum Gasteiger partial charge on any atom is -0.475 e. The van der Waals surface area contributed by atoms with Gasteiger partial charge in [0.2, 0.25) is 11.8 Å². The number of hydrogen-bond donors (Lipinski definition) is 3. The van der Waals surface area contributed by atoms with Crippen LogP contribution in [0.25, 0.3) is 0 Å². The van der Waals surface area contributed by atoms with Gasteiger partial charge in [0.15, 0.2) is 0 Å². The zero-order valence-corrected chi connectivity index (χ0v) is 19.9. The standard InChI is InChI=1S/C14H12ClI3N2O5/c1-5(23)19-11-9(17)6(12(15)24)8(16)7(10(11)18)13-20-14(2-21,3-22)4-25-13/h21-22H,2-4H2,1H3,(H,19,23). The number of carbonyl (C=O) groups is 2. The molecule has 25 heavy (non-hydrogen) atoms. The van der Waals surface area contributed by atoms with E-state index in [9.17, 15) is 19.8 Å². The molecule has 0 aliphatic carbocycles. The molecular weight excluding hydrogens is 692 g/mol. The third kappa shape index (κ3) is 4.23. The second-order valence-electron chi connectivity index (χ2n) is 5.27. The van der Waals surface area contributed by atoms with Gasteiger partial charge in [-0.1, -0.05) is 0 Å². The van der Waals surface area contributed by atoms with Crippen molar-refractivity contribution >= 4 is 102 Å². The van der Waals surface area contributed by atoms with Gasteiger partial charge in [0.1, 0.15) is 12.1 Å². The molecule has 136 valence electrons. The van der Waals surface area contributed by atoms with Crippen molar-refractivity contribution in [3.63, 3.8) is 0 Å². The Morgan fingerprint density at radius 1 is 1.24 bits per heavy atom. The number of aliphatic hydroxyl groups excluding tert-OH is 2. The number of hydrogen-bond acceptors (Lipinski definition) is 6. The summed E-state index contributed by atoms with van der Waals surface area (Å²) < 4.78 is 7.24. The van der Waals surface area contributed by atoms with Crippen LogP contribution < -0.4 is 5.32 Å². The number of nitrogens with one attached hydrogen (secondary N) is 1. The van der Waals surface area contributed by atoms with Crippen LogP contribution in [0.5, 0.6) is 0 Å². The van der Waals surface area contributed by atoms with Crippen LogP contribution >= 0.6 is 79.4 Å². The first-order chi connectivity index (χ1) is 11.7. The molecule has 0 saturated heterocycles. The number of nitrogens with zero attached hydrogens (tertiary/aromatic N) is 1. The van der Waals surface area contributed by atoms with Gasteiger partial charge in [-0.25, -0.2) is 4.99 Å². The molecule has 7 nitrogen and oxygen atoms in total. The van der Waals surface area contributed by atoms with E-state index in [1.165, 1.54) is 6.92 Å². The molecule has 1 aliphatic rings. The molecular formula is C14H12ClI3N2O5. The summed E-state index contributed by atoms with van der Waals surface area (Å²) in [4.78, 5) is 27.8. The Balaban J connectivity index is 2.76. The predicted octanol–water partition coefficient (Wildman–Crippen LogP) is 2.34. The molecule has 1 aliphatic heterocycles. The van der Waals surface area contributed by atoms with E-state index in [1.807, 2.05) is 67.8 Å². The molecule has 0 aromatic heterocycles. The van der Waals surface area contributed by atoms with E-state index >= 15 is 0 Å². The van der Waals surface area contributed by atoms with Gasteiger partial charge in [-0.05, 0) is 79.4 Å². The summed E-state index contributed by atoms with van der Waals surface area (Å²) in [6.07, 6.45) is 0. The predicted molar refractivity (Wildman–Crippen MR) is 118 cm³/mol. The van der Waals surface area contributed by atoms with Crippen molar-refractivity contribution in [3.8, 4) is 0 Å². The first kappa shape index (κ1) is 21.5. The highest BCUT2D eigenvalue weighted by Crippen LogP contribution is 2.38. The van der Waals surface area contributed by atoms with Crippen LogP contribution in [-0.4, -0.2) is 52.6 Å². The lowest BCUT2D eigenvalue weighted by Gasteiger charge is -2.17. The lowest BCUT2D eigenvalue weighted by Crippen LogP contribution is -2.37. The summed E-state index contributed by atoms with van der Waals surface area (Å²) in [6, 6.07) is 0. The maximum absolute atomic E-state index is 11.9. The molecule has 1 aromatic carbocycles. The van der Waals surface area contributed by atoms with Gasteiger partial charge in [-0.2, -0.15) is 0 Å². The summed E-state index contributed by atoms with van der Waals surface area (Å²) in [5.74, 6) is -0.121. The molecule has 3 N–H and O–H groups in total. The van der Waals surface area contributed by atoms with Crippen molar-refractivity contribution in [2.75, 3.05) is 25.1 Å². The van der Waals surface area contributed by atoms with Crippen molar-refractivity contribution < 1.29 is 24.5 Å². The molecule has 0 bridgehead atoms. The third-order valence-corrected chi connectivity index (χ3v) is 6.86. The van der Waals surface area contributed by atoms with Crippen LogP contribution in [0.1, 0.15) is 22.8 Å². The molecule has 0 saturated carbocycles. The minimum absolute atomic E-state index is 0.00705. The smallest absolute Gasteiger partial charge is 0.254 e. The number of aliphatic imine (C=N–C) groups is 1. The average Bonchev–Trinajstić information content (AvgIpc) is 2.96. The summed E-state index contributed by atoms with van der Waals surface area (Å²) in [7, 11) is 0. The lowest BCUT2D eigenvalue weighted by atomic mass is 10.1. The highest BCUT2D eigenvalue weighted by atomic mass is 127. The van der Waals surface area contributed by atoms with Crippen molar-refractivity contribution in [3.05, 3.63) is 21.8 Å². The van der Waals surface area contributed by atoms with E-state index in [-0.39, 0.29) is 37.2 Å². The normalized spacial score (nSPS) is 15.6. The van der Waals surface area contributed by atoms with Crippen molar-refractivity contribution in [1.29, 1.82) is 0 Å². The maximum Gasteiger partial charge on any atom is 0.254 e. The quantitative estimate of drug-likeness (QED) is 0.323. The molecule has 0 radical (unpaired) electrons. The molecule has 0 unspecified atom stereocenters. The summed E-state index contributed by atoms with van der Waals surface area (Å²) >= 11 is 11.7. The van der Waals surface area contributed by atoms with Crippen molar-refractivity contribution in [1.82, 2.24) is 0 Å². The molecule has 1 heterocycles. The zero-order chi connectivity index (χ0) is 18.9. The average molecular weight is 704 g/mol. The van der Waals surface area contributed by atoms with Crippen molar-refractivity contribution in [2.24, 2.45) is 4.99 Å². The number of benzene rings is 1. The Morgan fingerprint density at radius 2 is 1.84 bits per heavy atom. The van der Waals surface area contributed by atoms with E-state index in [0.717, 1.165) is 0 Å². The van der Waals surface area contributed by atoms with Gasteiger partial charge >= 0.3 is 0 Å². The minimum atomic E-state index is -1.14. The van der Waals surface area contributed by atoms with Gasteiger partial charge in [-0.3, -0.25) is 9.59 Å². The zero-order valence-electron chi connectivity index (χ0n) is 12.7. The van der Waals surface area contributed by atoms with Crippen LogP contribution in [0, 0.1) is 10.7 Å². The fourth-order valence-electron chi connectivity index (χ4n) is 2.13. The highest BCUT2D eigenvalue weighted by molar-refractivity contribution is 14.1. The van der Waals surface area contributed by atoms with Gasteiger partial charge in [-0.15, -0.1) is 0 Å². The molecule has 11 heteroatoms. The van der Waals surface area contributed by atoms with Crippen molar-refractivity contribution in [2.45, 2.75) is 12.5 Å². The Hall–Kier alpha value is 0.230. The van der Waals surface area contributed by atoms with Gasteiger partial charge in [0.25, 0.3) is 5.24 Å².